The van der Waals surface area contributed by atoms with E-state index in [1.807, 2.05) is 29.0 Å². The van der Waals surface area contributed by atoms with Crippen LogP contribution in [0.3, 0.4) is 0 Å². The van der Waals surface area contributed by atoms with Crippen molar-refractivity contribution in [3.63, 3.8) is 0 Å². The molecule has 4 nitrogen and oxygen atoms in total. The summed E-state index contributed by atoms with van der Waals surface area (Å²) in [6, 6.07) is 5.97. The van der Waals surface area contributed by atoms with E-state index in [9.17, 15) is 0 Å². The number of halogens is 1. The van der Waals surface area contributed by atoms with E-state index in [1.165, 1.54) is 4.88 Å². The minimum Gasteiger partial charge on any atom is -0.369 e. The second kappa shape index (κ2) is 4.94. The van der Waals surface area contributed by atoms with Crippen LogP contribution in [0.4, 0.5) is 5.95 Å². The molecular formula is C13H13BrN4S. The lowest BCUT2D eigenvalue weighted by Gasteiger charge is -2.03. The number of aromatic nitrogens is 3. The zero-order valence-corrected chi connectivity index (χ0v) is 12.8. The number of anilines is 1. The normalized spacial score (nSPS) is 11.3. The number of nitrogens with two attached hydrogens (primary N) is 1. The summed E-state index contributed by atoms with van der Waals surface area (Å²) >= 11 is 5.21. The van der Waals surface area contributed by atoms with Crippen LogP contribution in [0.25, 0.3) is 11.0 Å². The SMILES string of the molecule is CCc1cnc(Cn2c(N)nc3ccc(Br)cc32)s1. The maximum atomic E-state index is 6.00. The van der Waals surface area contributed by atoms with Crippen molar-refractivity contribution in [3.8, 4) is 0 Å². The summed E-state index contributed by atoms with van der Waals surface area (Å²) in [5, 5.41) is 1.06. The molecule has 3 aromatic rings. The van der Waals surface area contributed by atoms with E-state index in [0.29, 0.717) is 12.5 Å². The van der Waals surface area contributed by atoms with E-state index in [-0.39, 0.29) is 0 Å². The lowest BCUT2D eigenvalue weighted by Crippen LogP contribution is -2.04. The summed E-state index contributed by atoms with van der Waals surface area (Å²) in [7, 11) is 0. The van der Waals surface area contributed by atoms with Crippen LogP contribution >= 0.6 is 27.3 Å². The highest BCUT2D eigenvalue weighted by molar-refractivity contribution is 9.10. The summed E-state index contributed by atoms with van der Waals surface area (Å²) in [6.45, 7) is 2.80. The predicted octanol–water partition coefficient (Wildman–Crippen LogP) is 3.45. The molecule has 0 unspecified atom stereocenters. The van der Waals surface area contributed by atoms with Crippen LogP contribution in [-0.2, 0) is 13.0 Å². The van der Waals surface area contributed by atoms with Gasteiger partial charge in [0.1, 0.15) is 5.01 Å². The molecule has 2 N–H and O–H groups in total. The molecule has 0 bridgehead atoms. The van der Waals surface area contributed by atoms with Crippen molar-refractivity contribution in [2.45, 2.75) is 19.9 Å². The van der Waals surface area contributed by atoms with E-state index in [4.69, 9.17) is 5.73 Å². The standard InChI is InChI=1S/C13H13BrN4S/c1-2-9-6-16-12(19-9)7-18-11-5-8(14)3-4-10(11)17-13(18)15/h3-6H,2,7H2,1H3,(H2,15,17). The molecule has 0 spiro atoms. The molecule has 1 aromatic carbocycles. The van der Waals surface area contributed by atoms with E-state index in [0.717, 1.165) is 26.9 Å². The summed E-state index contributed by atoms with van der Waals surface area (Å²) in [5.41, 5.74) is 7.94. The summed E-state index contributed by atoms with van der Waals surface area (Å²) in [6.07, 6.45) is 2.95. The molecule has 2 heterocycles. The van der Waals surface area contributed by atoms with Gasteiger partial charge in [-0.15, -0.1) is 11.3 Å². The minimum atomic E-state index is 0.529. The molecule has 0 saturated carbocycles. The third-order valence-corrected chi connectivity index (χ3v) is 4.60. The minimum absolute atomic E-state index is 0.529. The van der Waals surface area contributed by atoms with Crippen LogP contribution in [0.2, 0.25) is 0 Å². The van der Waals surface area contributed by atoms with Crippen molar-refractivity contribution >= 4 is 44.2 Å². The molecule has 0 aliphatic rings. The number of hydrogen-bond donors (Lipinski definition) is 1. The lowest BCUT2D eigenvalue weighted by molar-refractivity contribution is 0.829. The largest absolute Gasteiger partial charge is 0.369 e. The van der Waals surface area contributed by atoms with E-state index in [2.05, 4.69) is 32.8 Å². The molecular weight excluding hydrogens is 324 g/mol. The predicted molar refractivity (Wildman–Crippen MR) is 82.4 cm³/mol. The van der Waals surface area contributed by atoms with Gasteiger partial charge in [0.2, 0.25) is 5.95 Å². The quantitative estimate of drug-likeness (QED) is 0.796. The topological polar surface area (TPSA) is 56.7 Å². The highest BCUT2D eigenvalue weighted by Gasteiger charge is 2.10. The van der Waals surface area contributed by atoms with Gasteiger partial charge in [-0.1, -0.05) is 22.9 Å². The van der Waals surface area contributed by atoms with Crippen molar-refractivity contribution in [2.24, 2.45) is 0 Å². The number of benzene rings is 1. The Hall–Kier alpha value is -1.40. The molecule has 0 amide bonds. The van der Waals surface area contributed by atoms with Gasteiger partial charge in [0.25, 0.3) is 0 Å². The average Bonchev–Trinajstić information content (AvgIpc) is 2.96. The maximum Gasteiger partial charge on any atom is 0.201 e. The number of fused-ring (bicyclic) bond motifs is 1. The Morgan fingerprint density at radius 2 is 2.26 bits per heavy atom. The molecule has 2 aromatic heterocycles. The molecule has 0 saturated heterocycles. The highest BCUT2D eigenvalue weighted by Crippen LogP contribution is 2.24. The fraction of sp³-hybridized carbons (Fsp3) is 0.231. The van der Waals surface area contributed by atoms with Gasteiger partial charge in [0.05, 0.1) is 17.6 Å². The fourth-order valence-electron chi connectivity index (χ4n) is 2.00. The molecule has 0 fully saturated rings. The van der Waals surface area contributed by atoms with Crippen molar-refractivity contribution in [3.05, 3.63) is 38.8 Å². The Labute approximate surface area is 123 Å². The first-order chi connectivity index (χ1) is 9.17. The Morgan fingerprint density at radius 3 is 3.00 bits per heavy atom. The summed E-state index contributed by atoms with van der Waals surface area (Å²) < 4.78 is 3.02. The molecule has 0 aliphatic carbocycles. The van der Waals surface area contributed by atoms with Crippen LogP contribution in [0.5, 0.6) is 0 Å². The van der Waals surface area contributed by atoms with Gasteiger partial charge in [-0.25, -0.2) is 9.97 Å². The van der Waals surface area contributed by atoms with Crippen molar-refractivity contribution in [2.75, 3.05) is 5.73 Å². The van der Waals surface area contributed by atoms with E-state index >= 15 is 0 Å². The molecule has 98 valence electrons. The number of nitrogen functional groups attached to an aromatic ring is 1. The number of rotatable bonds is 3. The molecule has 6 heteroatoms. The van der Waals surface area contributed by atoms with Crippen LogP contribution < -0.4 is 5.73 Å². The molecule has 0 aliphatic heterocycles. The van der Waals surface area contributed by atoms with Crippen LogP contribution in [0.15, 0.2) is 28.9 Å². The van der Waals surface area contributed by atoms with Gasteiger partial charge in [-0.05, 0) is 24.6 Å². The van der Waals surface area contributed by atoms with Crippen molar-refractivity contribution in [1.29, 1.82) is 0 Å². The summed E-state index contributed by atoms with van der Waals surface area (Å²) in [4.78, 5) is 10.1. The second-order valence-corrected chi connectivity index (χ2v) is 6.38. The zero-order chi connectivity index (χ0) is 13.4. The Kier molecular flexibility index (Phi) is 3.28. The lowest BCUT2D eigenvalue weighted by atomic mass is 10.3. The Bertz CT molecular complexity index is 731. The van der Waals surface area contributed by atoms with Crippen LogP contribution in [0, 0.1) is 0 Å². The van der Waals surface area contributed by atoms with Gasteiger partial charge in [0.15, 0.2) is 0 Å². The third kappa shape index (κ3) is 2.37. The number of imidazole rings is 1. The maximum absolute atomic E-state index is 6.00. The summed E-state index contributed by atoms with van der Waals surface area (Å²) in [5.74, 6) is 0.529. The van der Waals surface area contributed by atoms with Crippen molar-refractivity contribution < 1.29 is 0 Å². The molecule has 3 rings (SSSR count). The smallest absolute Gasteiger partial charge is 0.201 e. The highest BCUT2D eigenvalue weighted by atomic mass is 79.9. The van der Waals surface area contributed by atoms with Crippen LogP contribution in [0.1, 0.15) is 16.8 Å². The number of thiazole rings is 1. The third-order valence-electron chi connectivity index (χ3n) is 2.98. The van der Waals surface area contributed by atoms with Gasteiger partial charge >= 0.3 is 0 Å². The number of hydrogen-bond acceptors (Lipinski definition) is 4. The van der Waals surface area contributed by atoms with E-state index in [1.54, 1.807) is 11.3 Å². The van der Waals surface area contributed by atoms with Crippen LogP contribution in [-0.4, -0.2) is 14.5 Å². The monoisotopic (exact) mass is 336 g/mol. The van der Waals surface area contributed by atoms with Gasteiger partial charge in [-0.2, -0.15) is 0 Å². The van der Waals surface area contributed by atoms with Gasteiger partial charge in [-0.3, -0.25) is 0 Å². The first-order valence-corrected chi connectivity index (χ1v) is 7.63. The van der Waals surface area contributed by atoms with Crippen molar-refractivity contribution in [1.82, 2.24) is 14.5 Å². The molecule has 0 atom stereocenters. The Morgan fingerprint density at radius 1 is 1.42 bits per heavy atom. The Balaban J connectivity index is 2.04. The van der Waals surface area contributed by atoms with E-state index < -0.39 is 0 Å². The number of aryl methyl sites for hydroxylation is 1. The average molecular weight is 337 g/mol. The second-order valence-electron chi connectivity index (χ2n) is 4.26. The zero-order valence-electron chi connectivity index (χ0n) is 10.4. The first-order valence-electron chi connectivity index (χ1n) is 6.02. The van der Waals surface area contributed by atoms with Gasteiger partial charge < -0.3 is 10.3 Å². The molecule has 0 radical (unpaired) electrons. The first kappa shape index (κ1) is 12.6. The molecule has 19 heavy (non-hydrogen) atoms. The van der Waals surface area contributed by atoms with Gasteiger partial charge in [0, 0.05) is 15.5 Å². The number of nitrogens with zero attached hydrogens (tertiary/aromatic N) is 3. The fourth-order valence-corrected chi connectivity index (χ4v) is 3.20.